The molecule has 1 N–H and O–H groups in total. The maximum atomic E-state index is 13.3. The fourth-order valence-electron chi connectivity index (χ4n) is 2.96. The van der Waals surface area contributed by atoms with E-state index < -0.39 is 23.5 Å². The van der Waals surface area contributed by atoms with Gasteiger partial charge in [-0.15, -0.1) is 0 Å². The molecule has 1 amide bonds. The van der Waals surface area contributed by atoms with Crippen molar-refractivity contribution in [1.82, 2.24) is 9.78 Å². The van der Waals surface area contributed by atoms with Gasteiger partial charge in [-0.1, -0.05) is 0 Å². The van der Waals surface area contributed by atoms with Crippen LogP contribution in [0.2, 0.25) is 0 Å². The van der Waals surface area contributed by atoms with Gasteiger partial charge in [0.05, 0.1) is 18.4 Å². The van der Waals surface area contributed by atoms with Crippen LogP contribution in [0.25, 0.3) is 11.3 Å². The Bertz CT molecular complexity index is 1160. The summed E-state index contributed by atoms with van der Waals surface area (Å²) in [6, 6.07) is 12.3. The van der Waals surface area contributed by atoms with E-state index in [1.807, 2.05) is 0 Å². The van der Waals surface area contributed by atoms with Crippen molar-refractivity contribution in [3.05, 3.63) is 76.3 Å². The Morgan fingerprint density at radius 2 is 1.81 bits per heavy atom. The van der Waals surface area contributed by atoms with E-state index in [-0.39, 0.29) is 30.6 Å². The van der Waals surface area contributed by atoms with Crippen LogP contribution in [0.1, 0.15) is 18.4 Å². The third-order valence-corrected chi connectivity index (χ3v) is 4.58. The quantitative estimate of drug-likeness (QED) is 0.540. The summed E-state index contributed by atoms with van der Waals surface area (Å²) in [7, 11) is 1.55. The molecule has 0 atom stereocenters. The van der Waals surface area contributed by atoms with Crippen LogP contribution in [-0.4, -0.2) is 22.8 Å². The van der Waals surface area contributed by atoms with Crippen molar-refractivity contribution in [2.45, 2.75) is 25.6 Å². The summed E-state index contributed by atoms with van der Waals surface area (Å²) in [5.41, 5.74) is -0.644. The molecule has 0 aliphatic rings. The molecule has 32 heavy (non-hydrogen) atoms. The third kappa shape index (κ3) is 5.71. The molecule has 0 unspecified atom stereocenters. The summed E-state index contributed by atoms with van der Waals surface area (Å²) >= 11 is 0. The smallest absolute Gasteiger partial charge is 0.419 e. The summed E-state index contributed by atoms with van der Waals surface area (Å²) < 4.78 is 58.0. The maximum absolute atomic E-state index is 13.3. The van der Waals surface area contributed by atoms with Crippen molar-refractivity contribution in [3.8, 4) is 17.0 Å². The van der Waals surface area contributed by atoms with E-state index in [2.05, 4.69) is 10.4 Å². The van der Waals surface area contributed by atoms with Crippen molar-refractivity contribution in [1.29, 1.82) is 0 Å². The summed E-state index contributed by atoms with van der Waals surface area (Å²) in [6.45, 7) is 0.132. The van der Waals surface area contributed by atoms with Crippen molar-refractivity contribution in [2.75, 3.05) is 12.4 Å². The molecule has 0 bridgehead atoms. The van der Waals surface area contributed by atoms with E-state index in [4.69, 9.17) is 4.74 Å². The molecule has 0 saturated carbocycles. The van der Waals surface area contributed by atoms with Gasteiger partial charge in [-0.2, -0.15) is 18.3 Å². The number of nitrogens with one attached hydrogen (secondary N) is 1. The van der Waals surface area contributed by atoms with E-state index >= 15 is 0 Å². The van der Waals surface area contributed by atoms with Gasteiger partial charge in [-0.25, -0.2) is 9.07 Å². The number of carbonyl (C=O) groups excluding carboxylic acids is 1. The van der Waals surface area contributed by atoms with Gasteiger partial charge in [0.15, 0.2) is 0 Å². The maximum Gasteiger partial charge on any atom is 0.419 e. The molecule has 168 valence electrons. The predicted molar refractivity (Wildman–Crippen MR) is 110 cm³/mol. The van der Waals surface area contributed by atoms with Gasteiger partial charge < -0.3 is 10.1 Å². The number of aryl methyl sites for hydroxylation is 1. The van der Waals surface area contributed by atoms with Gasteiger partial charge in [-0.3, -0.25) is 9.59 Å². The minimum atomic E-state index is -4.87. The molecule has 0 radical (unpaired) electrons. The Morgan fingerprint density at radius 3 is 2.47 bits per heavy atom. The first-order valence-corrected chi connectivity index (χ1v) is 9.56. The molecule has 0 spiro atoms. The van der Waals surface area contributed by atoms with E-state index in [0.717, 1.165) is 11.6 Å². The molecule has 6 nitrogen and oxygen atoms in total. The highest BCUT2D eigenvalue weighted by molar-refractivity contribution is 5.90. The monoisotopic (exact) mass is 449 g/mol. The molecule has 0 aliphatic carbocycles. The molecule has 1 heterocycles. The van der Waals surface area contributed by atoms with Crippen molar-refractivity contribution < 1.29 is 27.1 Å². The lowest BCUT2D eigenvalue weighted by Crippen LogP contribution is -2.23. The minimum Gasteiger partial charge on any atom is -0.497 e. The first kappa shape index (κ1) is 23.0. The number of hydrogen-bond acceptors (Lipinski definition) is 4. The third-order valence-electron chi connectivity index (χ3n) is 4.58. The first-order valence-electron chi connectivity index (χ1n) is 9.56. The second kappa shape index (κ2) is 9.63. The Kier molecular flexibility index (Phi) is 6.92. The Hall–Kier alpha value is -3.69. The molecule has 2 aromatic carbocycles. The summed E-state index contributed by atoms with van der Waals surface area (Å²) in [4.78, 5) is 24.1. The largest absolute Gasteiger partial charge is 0.497 e. The van der Waals surface area contributed by atoms with Gasteiger partial charge in [0.25, 0.3) is 5.56 Å². The number of aromatic nitrogens is 2. The first-order chi connectivity index (χ1) is 15.2. The lowest BCUT2D eigenvalue weighted by molar-refractivity contribution is -0.140. The highest BCUT2D eigenvalue weighted by atomic mass is 19.4. The number of nitrogens with zero attached hydrogens (tertiary/aromatic N) is 2. The van der Waals surface area contributed by atoms with E-state index in [0.29, 0.717) is 23.6 Å². The van der Waals surface area contributed by atoms with Crippen LogP contribution >= 0.6 is 0 Å². The Morgan fingerprint density at radius 1 is 1.09 bits per heavy atom. The van der Waals surface area contributed by atoms with Crippen LogP contribution in [0, 0.1) is 5.82 Å². The number of halogens is 4. The zero-order valence-electron chi connectivity index (χ0n) is 16.9. The average Bonchev–Trinajstić information content (AvgIpc) is 2.75. The lowest BCUT2D eigenvalue weighted by Gasteiger charge is -2.11. The SMILES string of the molecule is COc1ccc(-c2ccc(=O)n(CCCC(=O)Nc3ccc(F)c(C(F)(F)F)c3)n2)cc1. The Labute approximate surface area is 180 Å². The number of alkyl halides is 3. The number of rotatable bonds is 7. The number of ether oxygens (including phenoxy) is 1. The summed E-state index contributed by atoms with van der Waals surface area (Å²) in [6.07, 6.45) is -4.72. The highest BCUT2D eigenvalue weighted by Crippen LogP contribution is 2.33. The van der Waals surface area contributed by atoms with Crippen LogP contribution in [0.3, 0.4) is 0 Å². The van der Waals surface area contributed by atoms with E-state index in [9.17, 15) is 27.2 Å². The highest BCUT2D eigenvalue weighted by Gasteiger charge is 2.34. The van der Waals surface area contributed by atoms with Crippen LogP contribution < -0.4 is 15.6 Å². The lowest BCUT2D eigenvalue weighted by atomic mass is 10.1. The second-order valence-corrected chi connectivity index (χ2v) is 6.85. The zero-order chi connectivity index (χ0) is 23.3. The number of hydrogen-bond donors (Lipinski definition) is 1. The topological polar surface area (TPSA) is 73.2 Å². The Balaban J connectivity index is 1.61. The van der Waals surface area contributed by atoms with Crippen LogP contribution in [0.5, 0.6) is 5.75 Å². The van der Waals surface area contributed by atoms with Gasteiger partial charge in [-0.05, 0) is 55.0 Å². The number of carbonyl (C=O) groups is 1. The molecular weight excluding hydrogens is 430 g/mol. The predicted octanol–water partition coefficient (Wildman–Crippen LogP) is 4.50. The van der Waals surface area contributed by atoms with Gasteiger partial charge in [0.1, 0.15) is 11.6 Å². The number of methoxy groups -OCH3 is 1. The second-order valence-electron chi connectivity index (χ2n) is 6.85. The van der Waals surface area contributed by atoms with E-state index in [1.54, 1.807) is 37.4 Å². The molecule has 0 saturated heterocycles. The van der Waals surface area contributed by atoms with E-state index in [1.165, 1.54) is 10.7 Å². The van der Waals surface area contributed by atoms with Crippen LogP contribution in [-0.2, 0) is 17.5 Å². The zero-order valence-corrected chi connectivity index (χ0v) is 16.9. The van der Waals surface area contributed by atoms with Crippen molar-refractivity contribution in [3.63, 3.8) is 0 Å². The van der Waals surface area contributed by atoms with Gasteiger partial charge >= 0.3 is 6.18 Å². The molecule has 3 aromatic rings. The normalized spacial score (nSPS) is 11.3. The standard InChI is InChI=1S/C22H19F4N3O3/c1-32-16-7-4-14(5-8-16)19-10-11-21(31)29(28-19)12-2-3-20(30)27-15-6-9-18(23)17(13-15)22(24,25)26/h4-11,13H,2-3,12H2,1H3,(H,27,30). The fraction of sp³-hybridized carbons (Fsp3) is 0.227. The molecular formula is C22H19F4N3O3. The van der Waals surface area contributed by atoms with Crippen molar-refractivity contribution >= 4 is 11.6 Å². The minimum absolute atomic E-state index is 0.0698. The number of amides is 1. The van der Waals surface area contributed by atoms with Crippen molar-refractivity contribution in [2.24, 2.45) is 0 Å². The summed E-state index contributed by atoms with van der Waals surface area (Å²) in [5, 5.41) is 6.60. The number of benzene rings is 2. The molecule has 1 aromatic heterocycles. The molecule has 0 aliphatic heterocycles. The van der Waals surface area contributed by atoms with Crippen LogP contribution in [0.15, 0.2) is 59.4 Å². The molecule has 3 rings (SSSR count). The summed E-state index contributed by atoms with van der Waals surface area (Å²) in [5.74, 6) is -1.31. The average molecular weight is 449 g/mol. The molecule has 0 fully saturated rings. The van der Waals surface area contributed by atoms with Gasteiger partial charge in [0.2, 0.25) is 5.91 Å². The fourth-order valence-corrected chi connectivity index (χ4v) is 2.96. The van der Waals surface area contributed by atoms with Crippen LogP contribution in [0.4, 0.5) is 23.2 Å². The van der Waals surface area contributed by atoms with Gasteiger partial charge in [0, 0.05) is 30.3 Å². The molecule has 10 heteroatoms. The number of anilines is 1.